The van der Waals surface area contributed by atoms with E-state index < -0.39 is 0 Å². The number of carbonyl (C=O) groups excluding carboxylic acids is 2. The molecule has 2 fully saturated rings. The second kappa shape index (κ2) is 9.75. The molecule has 2 rings (SSSR count). The minimum absolute atomic E-state index is 0.105. The van der Waals surface area contributed by atoms with Crippen molar-refractivity contribution in [3.63, 3.8) is 0 Å². The van der Waals surface area contributed by atoms with E-state index in [0.29, 0.717) is 32.8 Å². The predicted octanol–water partition coefficient (Wildman–Crippen LogP) is 2.32. The fraction of sp³-hybridized carbons (Fsp3) is 0.882. The van der Waals surface area contributed by atoms with Gasteiger partial charge in [0, 0.05) is 19.6 Å². The summed E-state index contributed by atoms with van der Waals surface area (Å²) in [5, 5.41) is 2.80. The van der Waals surface area contributed by atoms with Crippen molar-refractivity contribution in [1.29, 1.82) is 0 Å². The Kier molecular flexibility index (Phi) is 7.65. The van der Waals surface area contributed by atoms with Gasteiger partial charge in [0.15, 0.2) is 0 Å². The lowest BCUT2D eigenvalue weighted by Crippen LogP contribution is -2.50. The van der Waals surface area contributed by atoms with Crippen molar-refractivity contribution in [3.8, 4) is 0 Å². The van der Waals surface area contributed by atoms with Gasteiger partial charge in [0.25, 0.3) is 0 Å². The van der Waals surface area contributed by atoms with E-state index in [1.807, 2.05) is 4.90 Å². The van der Waals surface area contributed by atoms with Crippen LogP contribution in [0.4, 0.5) is 4.79 Å². The lowest BCUT2D eigenvalue weighted by Gasteiger charge is -2.35. The Labute approximate surface area is 138 Å². The Morgan fingerprint density at radius 1 is 1.26 bits per heavy atom. The normalized spacial score (nSPS) is 22.7. The van der Waals surface area contributed by atoms with Gasteiger partial charge in [-0.15, -0.1) is 0 Å². The molecule has 1 atom stereocenters. The SMILES string of the molecule is CCOC(=O)CCNC(=O)N1CCO[C@@H](CC2CCCCC2)C1. The average Bonchev–Trinajstić information content (AvgIpc) is 2.56. The second-order valence-electron chi connectivity index (χ2n) is 6.47. The van der Waals surface area contributed by atoms with Gasteiger partial charge in [0.1, 0.15) is 0 Å². The highest BCUT2D eigenvalue weighted by Crippen LogP contribution is 2.28. The molecule has 0 radical (unpaired) electrons. The van der Waals surface area contributed by atoms with E-state index in [4.69, 9.17) is 9.47 Å². The lowest BCUT2D eigenvalue weighted by atomic mass is 9.85. The molecule has 0 bridgehead atoms. The van der Waals surface area contributed by atoms with Crippen molar-refractivity contribution in [2.75, 3.05) is 32.8 Å². The summed E-state index contributed by atoms with van der Waals surface area (Å²) in [4.78, 5) is 25.3. The van der Waals surface area contributed by atoms with Gasteiger partial charge >= 0.3 is 12.0 Å². The molecule has 0 aromatic rings. The van der Waals surface area contributed by atoms with Crippen LogP contribution in [0.15, 0.2) is 0 Å². The summed E-state index contributed by atoms with van der Waals surface area (Å²) >= 11 is 0. The van der Waals surface area contributed by atoms with Crippen molar-refractivity contribution in [1.82, 2.24) is 10.2 Å². The second-order valence-corrected chi connectivity index (χ2v) is 6.47. The molecule has 1 N–H and O–H groups in total. The van der Waals surface area contributed by atoms with Crippen LogP contribution in [-0.2, 0) is 14.3 Å². The number of rotatable bonds is 6. The van der Waals surface area contributed by atoms with E-state index in [0.717, 1.165) is 12.3 Å². The zero-order valence-corrected chi connectivity index (χ0v) is 14.2. The highest BCUT2D eigenvalue weighted by molar-refractivity contribution is 5.75. The van der Waals surface area contributed by atoms with Crippen molar-refractivity contribution < 1.29 is 19.1 Å². The third-order valence-electron chi connectivity index (χ3n) is 4.66. The smallest absolute Gasteiger partial charge is 0.317 e. The van der Waals surface area contributed by atoms with Gasteiger partial charge in [0.05, 0.1) is 25.7 Å². The largest absolute Gasteiger partial charge is 0.466 e. The summed E-state index contributed by atoms with van der Waals surface area (Å²) in [6.07, 6.45) is 8.05. The monoisotopic (exact) mass is 326 g/mol. The Morgan fingerprint density at radius 3 is 2.78 bits per heavy atom. The zero-order valence-electron chi connectivity index (χ0n) is 14.2. The van der Waals surface area contributed by atoms with Crippen LogP contribution in [0.2, 0.25) is 0 Å². The molecule has 23 heavy (non-hydrogen) atoms. The summed E-state index contributed by atoms with van der Waals surface area (Å²) in [5.74, 6) is 0.477. The van der Waals surface area contributed by atoms with Gasteiger partial charge in [-0.1, -0.05) is 32.1 Å². The molecular formula is C17H30N2O4. The number of morpholine rings is 1. The summed E-state index contributed by atoms with van der Waals surface area (Å²) < 4.78 is 10.7. The third kappa shape index (κ3) is 6.37. The number of urea groups is 1. The number of nitrogens with zero attached hydrogens (tertiary/aromatic N) is 1. The van der Waals surface area contributed by atoms with Gasteiger partial charge in [-0.05, 0) is 19.3 Å². The maximum atomic E-state index is 12.2. The molecule has 1 aliphatic carbocycles. The van der Waals surface area contributed by atoms with Gasteiger partial charge in [-0.2, -0.15) is 0 Å². The molecule has 1 heterocycles. The fourth-order valence-corrected chi connectivity index (χ4v) is 3.46. The van der Waals surface area contributed by atoms with Crippen LogP contribution in [0.25, 0.3) is 0 Å². The summed E-state index contributed by atoms with van der Waals surface area (Å²) in [6, 6.07) is -0.105. The van der Waals surface area contributed by atoms with Gasteiger partial charge in [-0.25, -0.2) is 4.79 Å². The van der Waals surface area contributed by atoms with Crippen LogP contribution in [-0.4, -0.2) is 55.9 Å². The first kappa shape index (κ1) is 18.0. The minimum atomic E-state index is -0.273. The van der Waals surface area contributed by atoms with Crippen LogP contribution in [0, 0.1) is 5.92 Å². The summed E-state index contributed by atoms with van der Waals surface area (Å²) in [5.41, 5.74) is 0. The molecule has 2 aliphatic rings. The average molecular weight is 326 g/mol. The van der Waals surface area contributed by atoms with Crippen molar-refractivity contribution in [2.45, 2.75) is 58.0 Å². The Hall–Kier alpha value is -1.30. The van der Waals surface area contributed by atoms with Crippen molar-refractivity contribution in [2.24, 2.45) is 5.92 Å². The molecule has 1 saturated heterocycles. The molecule has 6 heteroatoms. The van der Waals surface area contributed by atoms with E-state index in [-0.39, 0.29) is 24.5 Å². The third-order valence-corrected chi connectivity index (χ3v) is 4.66. The molecule has 2 amide bonds. The number of hydrogen-bond acceptors (Lipinski definition) is 4. The fourth-order valence-electron chi connectivity index (χ4n) is 3.46. The van der Waals surface area contributed by atoms with E-state index in [9.17, 15) is 9.59 Å². The van der Waals surface area contributed by atoms with Crippen molar-refractivity contribution >= 4 is 12.0 Å². The number of carbonyl (C=O) groups is 2. The molecule has 0 aromatic carbocycles. The molecule has 1 saturated carbocycles. The molecule has 1 aliphatic heterocycles. The van der Waals surface area contributed by atoms with E-state index in [1.54, 1.807) is 6.92 Å². The first-order chi connectivity index (χ1) is 11.2. The van der Waals surface area contributed by atoms with Crippen molar-refractivity contribution in [3.05, 3.63) is 0 Å². The minimum Gasteiger partial charge on any atom is -0.466 e. The predicted molar refractivity (Wildman–Crippen MR) is 87.2 cm³/mol. The van der Waals surface area contributed by atoms with E-state index >= 15 is 0 Å². The van der Waals surface area contributed by atoms with Crippen LogP contribution in [0.1, 0.15) is 51.9 Å². The highest BCUT2D eigenvalue weighted by Gasteiger charge is 2.27. The topological polar surface area (TPSA) is 67.9 Å². The number of nitrogens with one attached hydrogen (secondary N) is 1. The number of ether oxygens (including phenoxy) is 2. The van der Waals surface area contributed by atoms with Gasteiger partial charge in [0.2, 0.25) is 0 Å². The number of hydrogen-bond donors (Lipinski definition) is 1. The van der Waals surface area contributed by atoms with Crippen LogP contribution in [0.3, 0.4) is 0 Å². The van der Waals surface area contributed by atoms with E-state index in [1.165, 1.54) is 32.1 Å². The maximum absolute atomic E-state index is 12.2. The number of esters is 1. The Balaban J connectivity index is 1.67. The molecule has 0 aromatic heterocycles. The first-order valence-corrected chi connectivity index (χ1v) is 8.99. The van der Waals surface area contributed by atoms with Gasteiger partial charge < -0.3 is 19.7 Å². The zero-order chi connectivity index (χ0) is 16.5. The quantitative estimate of drug-likeness (QED) is 0.761. The maximum Gasteiger partial charge on any atom is 0.317 e. The van der Waals surface area contributed by atoms with Gasteiger partial charge in [-0.3, -0.25) is 4.79 Å². The molecule has 0 unspecified atom stereocenters. The Bertz CT molecular complexity index is 383. The molecule has 0 spiro atoms. The molecular weight excluding hydrogens is 296 g/mol. The standard InChI is InChI=1S/C17H30N2O4/c1-2-22-16(20)8-9-18-17(21)19-10-11-23-15(13-19)12-14-6-4-3-5-7-14/h14-15H,2-13H2,1H3,(H,18,21)/t15-/m0/s1. The van der Waals surface area contributed by atoms with Crippen LogP contribution < -0.4 is 5.32 Å². The highest BCUT2D eigenvalue weighted by atomic mass is 16.5. The van der Waals surface area contributed by atoms with E-state index in [2.05, 4.69) is 5.32 Å². The van der Waals surface area contributed by atoms with Crippen LogP contribution >= 0.6 is 0 Å². The lowest BCUT2D eigenvalue weighted by molar-refractivity contribution is -0.142. The molecule has 132 valence electrons. The first-order valence-electron chi connectivity index (χ1n) is 8.99. The van der Waals surface area contributed by atoms with Crippen LogP contribution in [0.5, 0.6) is 0 Å². The number of amides is 2. The Morgan fingerprint density at radius 2 is 2.04 bits per heavy atom. The summed E-state index contributed by atoms with van der Waals surface area (Å²) in [6.45, 7) is 4.34. The summed E-state index contributed by atoms with van der Waals surface area (Å²) in [7, 11) is 0. The molecule has 6 nitrogen and oxygen atoms in total.